The molecule has 20 heavy (non-hydrogen) atoms. The van der Waals surface area contributed by atoms with Crippen LogP contribution in [0.25, 0.3) is 0 Å². The van der Waals surface area contributed by atoms with Gasteiger partial charge in [0.2, 0.25) is 0 Å². The summed E-state index contributed by atoms with van der Waals surface area (Å²) in [6.45, 7) is 6.44. The van der Waals surface area contributed by atoms with Crippen molar-refractivity contribution in [3.05, 3.63) is 29.3 Å². The number of nitrogens with one attached hydrogen (secondary N) is 1. The van der Waals surface area contributed by atoms with Gasteiger partial charge in [-0.05, 0) is 64.3 Å². The molecular formula is C16H25NO3. The molecule has 4 heteroatoms. The van der Waals surface area contributed by atoms with Crippen molar-refractivity contribution in [1.82, 2.24) is 5.32 Å². The highest BCUT2D eigenvalue weighted by Gasteiger charge is 2.30. The van der Waals surface area contributed by atoms with Crippen molar-refractivity contribution in [2.24, 2.45) is 0 Å². The summed E-state index contributed by atoms with van der Waals surface area (Å²) in [4.78, 5) is 11.1. The van der Waals surface area contributed by atoms with Crippen molar-refractivity contribution >= 4 is 5.97 Å². The summed E-state index contributed by atoms with van der Waals surface area (Å²) in [7, 11) is 1.68. The Balaban J connectivity index is 2.36. The zero-order valence-electron chi connectivity index (χ0n) is 12.8. The number of ether oxygens (including phenoxy) is 1. The number of carboxylic acids is 1. The molecule has 1 unspecified atom stereocenters. The Morgan fingerprint density at radius 1 is 1.35 bits per heavy atom. The van der Waals surface area contributed by atoms with Crippen molar-refractivity contribution in [2.45, 2.75) is 45.6 Å². The number of benzene rings is 1. The van der Waals surface area contributed by atoms with Crippen molar-refractivity contribution < 1.29 is 14.6 Å². The molecule has 0 saturated heterocycles. The lowest BCUT2D eigenvalue weighted by Crippen LogP contribution is -2.47. The van der Waals surface area contributed by atoms with Gasteiger partial charge in [-0.3, -0.25) is 4.79 Å². The Morgan fingerprint density at radius 3 is 2.65 bits per heavy atom. The zero-order valence-corrected chi connectivity index (χ0v) is 12.8. The Morgan fingerprint density at radius 2 is 2.05 bits per heavy atom. The molecule has 112 valence electrons. The van der Waals surface area contributed by atoms with Crippen LogP contribution in [-0.4, -0.2) is 30.3 Å². The van der Waals surface area contributed by atoms with E-state index in [1.54, 1.807) is 14.0 Å². The van der Waals surface area contributed by atoms with Crippen LogP contribution in [-0.2, 0) is 4.79 Å². The number of aryl methyl sites for hydroxylation is 1. The van der Waals surface area contributed by atoms with Crippen molar-refractivity contribution in [3.63, 3.8) is 0 Å². The highest BCUT2D eigenvalue weighted by Crippen LogP contribution is 2.21. The summed E-state index contributed by atoms with van der Waals surface area (Å²) < 4.78 is 5.76. The van der Waals surface area contributed by atoms with Gasteiger partial charge in [-0.1, -0.05) is 12.1 Å². The minimum atomic E-state index is -0.848. The third-order valence-corrected chi connectivity index (χ3v) is 3.91. The number of unbranched alkanes of at least 4 members (excludes halogenated alkanes) is 1. The van der Waals surface area contributed by atoms with Gasteiger partial charge in [0.15, 0.2) is 0 Å². The van der Waals surface area contributed by atoms with E-state index in [4.69, 9.17) is 9.84 Å². The van der Waals surface area contributed by atoms with E-state index in [1.165, 1.54) is 5.56 Å². The van der Waals surface area contributed by atoms with E-state index in [0.717, 1.165) is 24.2 Å². The smallest absolute Gasteiger partial charge is 0.323 e. The van der Waals surface area contributed by atoms with Crippen molar-refractivity contribution in [3.8, 4) is 5.75 Å². The molecule has 0 aliphatic carbocycles. The lowest BCUT2D eigenvalue weighted by atomic mass is 9.95. The fourth-order valence-electron chi connectivity index (χ4n) is 1.98. The Kier molecular flexibility index (Phi) is 6.02. The van der Waals surface area contributed by atoms with Gasteiger partial charge in [-0.2, -0.15) is 0 Å². The van der Waals surface area contributed by atoms with Crippen LogP contribution >= 0.6 is 0 Å². The van der Waals surface area contributed by atoms with Crippen LogP contribution in [0.2, 0.25) is 0 Å². The number of carbonyl (C=O) groups is 1. The van der Waals surface area contributed by atoms with Gasteiger partial charge in [-0.25, -0.2) is 0 Å². The average Bonchev–Trinajstić information content (AvgIpc) is 2.42. The largest absolute Gasteiger partial charge is 0.493 e. The van der Waals surface area contributed by atoms with E-state index in [2.05, 4.69) is 18.3 Å². The maximum atomic E-state index is 11.1. The van der Waals surface area contributed by atoms with E-state index in [-0.39, 0.29) is 0 Å². The summed E-state index contributed by atoms with van der Waals surface area (Å²) in [6.07, 6.45) is 2.25. The van der Waals surface area contributed by atoms with Gasteiger partial charge in [-0.15, -0.1) is 0 Å². The number of hydrogen-bond acceptors (Lipinski definition) is 3. The lowest BCUT2D eigenvalue weighted by Gasteiger charge is -2.23. The zero-order chi connectivity index (χ0) is 15.2. The minimum Gasteiger partial charge on any atom is -0.493 e. The fourth-order valence-corrected chi connectivity index (χ4v) is 1.98. The first kappa shape index (κ1) is 16.5. The number of carboxylic acid groups (broad SMARTS) is 1. The second-order valence-corrected chi connectivity index (χ2v) is 5.39. The maximum absolute atomic E-state index is 11.1. The van der Waals surface area contributed by atoms with E-state index in [0.29, 0.717) is 13.0 Å². The quantitative estimate of drug-likeness (QED) is 0.718. The molecule has 1 atom stereocenters. The molecule has 0 bridgehead atoms. The van der Waals surface area contributed by atoms with Crippen LogP contribution in [0.1, 0.15) is 37.3 Å². The predicted molar refractivity (Wildman–Crippen MR) is 80.4 cm³/mol. The maximum Gasteiger partial charge on any atom is 0.323 e. The Labute approximate surface area is 121 Å². The molecule has 0 saturated carbocycles. The van der Waals surface area contributed by atoms with Crippen LogP contribution in [0.15, 0.2) is 18.2 Å². The number of likely N-dealkylation sites (N-methyl/N-ethyl adjacent to an activating group) is 1. The normalized spacial score (nSPS) is 13.8. The molecule has 0 radical (unpaired) electrons. The van der Waals surface area contributed by atoms with E-state index in [9.17, 15) is 4.79 Å². The number of aliphatic carboxylic acids is 1. The van der Waals surface area contributed by atoms with Crippen LogP contribution < -0.4 is 10.1 Å². The Hall–Kier alpha value is -1.55. The Bertz CT molecular complexity index is 459. The van der Waals surface area contributed by atoms with Gasteiger partial charge in [0.1, 0.15) is 11.3 Å². The third kappa shape index (κ3) is 4.23. The molecule has 0 heterocycles. The molecule has 0 aromatic heterocycles. The van der Waals surface area contributed by atoms with E-state index in [1.807, 2.05) is 19.1 Å². The van der Waals surface area contributed by atoms with Crippen LogP contribution in [0.4, 0.5) is 0 Å². The van der Waals surface area contributed by atoms with Gasteiger partial charge in [0.25, 0.3) is 0 Å². The van der Waals surface area contributed by atoms with Crippen LogP contribution in [0, 0.1) is 13.8 Å². The minimum absolute atomic E-state index is 0.592. The molecule has 0 aliphatic rings. The first-order valence-electron chi connectivity index (χ1n) is 7.02. The molecule has 0 aliphatic heterocycles. The fraction of sp³-hybridized carbons (Fsp3) is 0.562. The summed E-state index contributed by atoms with van der Waals surface area (Å²) in [6, 6.07) is 6.02. The molecule has 0 fully saturated rings. The number of hydrogen-bond donors (Lipinski definition) is 2. The molecule has 1 aromatic rings. The first-order chi connectivity index (χ1) is 9.40. The predicted octanol–water partition coefficient (Wildman–Crippen LogP) is 2.92. The molecular weight excluding hydrogens is 254 g/mol. The lowest BCUT2D eigenvalue weighted by molar-refractivity contribution is -0.144. The van der Waals surface area contributed by atoms with E-state index < -0.39 is 11.5 Å². The van der Waals surface area contributed by atoms with Gasteiger partial charge in [0, 0.05) is 0 Å². The highest BCUT2D eigenvalue weighted by atomic mass is 16.5. The van der Waals surface area contributed by atoms with Gasteiger partial charge in [0.05, 0.1) is 6.61 Å². The highest BCUT2D eigenvalue weighted by molar-refractivity contribution is 5.78. The second-order valence-electron chi connectivity index (χ2n) is 5.39. The monoisotopic (exact) mass is 279 g/mol. The molecule has 1 aromatic carbocycles. The summed E-state index contributed by atoms with van der Waals surface area (Å²) in [5.41, 5.74) is 1.54. The van der Waals surface area contributed by atoms with E-state index >= 15 is 0 Å². The summed E-state index contributed by atoms with van der Waals surface area (Å²) in [5, 5.41) is 12.0. The number of rotatable bonds is 8. The van der Waals surface area contributed by atoms with Crippen molar-refractivity contribution in [2.75, 3.05) is 13.7 Å². The topological polar surface area (TPSA) is 58.6 Å². The standard InChI is InChI=1S/C16H25NO3/c1-12-8-7-9-14(13(12)2)20-11-6-5-10-16(3,17-4)15(18)19/h7-9,17H,5-6,10-11H2,1-4H3,(H,18,19). The van der Waals surface area contributed by atoms with Crippen LogP contribution in [0.3, 0.4) is 0 Å². The van der Waals surface area contributed by atoms with Gasteiger partial charge >= 0.3 is 5.97 Å². The molecule has 1 rings (SSSR count). The van der Waals surface area contributed by atoms with Gasteiger partial charge < -0.3 is 15.2 Å². The molecule has 0 amide bonds. The summed E-state index contributed by atoms with van der Waals surface area (Å²) >= 11 is 0. The van der Waals surface area contributed by atoms with Crippen molar-refractivity contribution in [1.29, 1.82) is 0 Å². The molecule has 0 spiro atoms. The SMILES string of the molecule is CNC(C)(CCCCOc1cccc(C)c1C)C(=O)O. The summed E-state index contributed by atoms with van der Waals surface area (Å²) in [5.74, 6) is 0.107. The first-order valence-corrected chi connectivity index (χ1v) is 7.02. The molecule has 2 N–H and O–H groups in total. The third-order valence-electron chi connectivity index (χ3n) is 3.91. The van der Waals surface area contributed by atoms with Crippen LogP contribution in [0.5, 0.6) is 5.75 Å². The molecule has 4 nitrogen and oxygen atoms in total. The average molecular weight is 279 g/mol. The second kappa shape index (κ2) is 7.29.